The number of nitrogens with zero attached hydrogens (tertiary/aromatic N) is 1. The highest BCUT2D eigenvalue weighted by Gasteiger charge is 2.36. The lowest BCUT2D eigenvalue weighted by molar-refractivity contribution is -0.143. The molecule has 0 aliphatic carbocycles. The van der Waals surface area contributed by atoms with Gasteiger partial charge in [0.2, 0.25) is 0 Å². The largest absolute Gasteiger partial charge is 0.480 e. The average Bonchev–Trinajstić information content (AvgIpc) is 2.50. The molecular formula is C7H8F3N3O2. The van der Waals surface area contributed by atoms with Crippen LogP contribution in [0.5, 0.6) is 0 Å². The number of carboxylic acids is 1. The zero-order chi connectivity index (χ0) is 11.6. The van der Waals surface area contributed by atoms with Gasteiger partial charge in [0.15, 0.2) is 5.69 Å². The molecule has 0 aromatic carbocycles. The normalized spacial score (nSPS) is 13.9. The first-order valence-corrected chi connectivity index (χ1v) is 3.90. The van der Waals surface area contributed by atoms with Crippen molar-refractivity contribution in [2.24, 2.45) is 5.73 Å². The van der Waals surface area contributed by atoms with Crippen LogP contribution in [-0.4, -0.2) is 27.1 Å². The number of rotatable bonds is 3. The molecule has 0 bridgehead atoms. The van der Waals surface area contributed by atoms with Crippen LogP contribution >= 0.6 is 0 Å². The Labute approximate surface area is 82.1 Å². The lowest BCUT2D eigenvalue weighted by Crippen LogP contribution is -2.33. The predicted octanol–water partition coefficient (Wildman–Crippen LogP) is 0.383. The number of alkyl halides is 3. The molecule has 5 nitrogen and oxygen atoms in total. The fourth-order valence-electron chi connectivity index (χ4n) is 1.03. The third-order valence-electron chi connectivity index (χ3n) is 1.73. The third kappa shape index (κ3) is 2.69. The maximum absolute atomic E-state index is 12.3. The predicted molar refractivity (Wildman–Crippen MR) is 42.9 cm³/mol. The Balaban J connectivity index is 2.87. The number of aliphatic carboxylic acids is 1. The summed E-state index contributed by atoms with van der Waals surface area (Å²) in [5.74, 6) is -1.36. The van der Waals surface area contributed by atoms with Crippen molar-refractivity contribution in [2.45, 2.75) is 18.6 Å². The van der Waals surface area contributed by atoms with Gasteiger partial charge in [-0.1, -0.05) is 0 Å². The number of hydrogen-bond donors (Lipinski definition) is 3. The minimum atomic E-state index is -4.60. The van der Waals surface area contributed by atoms with Crippen LogP contribution in [0.1, 0.15) is 11.4 Å². The molecule has 0 fully saturated rings. The van der Waals surface area contributed by atoms with Crippen LogP contribution in [0.25, 0.3) is 0 Å². The fraction of sp³-hybridized carbons (Fsp3) is 0.429. The van der Waals surface area contributed by atoms with Gasteiger partial charge in [-0.15, -0.1) is 0 Å². The van der Waals surface area contributed by atoms with Crippen molar-refractivity contribution in [3.05, 3.63) is 17.7 Å². The second-order valence-corrected chi connectivity index (χ2v) is 2.88. The van der Waals surface area contributed by atoms with Crippen molar-refractivity contribution in [2.75, 3.05) is 0 Å². The molecule has 0 radical (unpaired) electrons. The van der Waals surface area contributed by atoms with Crippen molar-refractivity contribution >= 4 is 5.97 Å². The summed E-state index contributed by atoms with van der Waals surface area (Å²) >= 11 is 0. The smallest absolute Gasteiger partial charge is 0.435 e. The molecular weight excluding hydrogens is 215 g/mol. The quantitative estimate of drug-likeness (QED) is 0.690. The molecule has 0 saturated carbocycles. The Hall–Kier alpha value is -1.57. The second kappa shape index (κ2) is 3.89. The summed E-state index contributed by atoms with van der Waals surface area (Å²) in [4.78, 5) is 15.6. The number of hydrogen-bond acceptors (Lipinski definition) is 3. The van der Waals surface area contributed by atoms with E-state index in [0.29, 0.717) is 0 Å². The van der Waals surface area contributed by atoms with Crippen molar-refractivity contribution in [1.82, 2.24) is 9.97 Å². The number of carbonyl (C=O) groups is 1. The van der Waals surface area contributed by atoms with Crippen LogP contribution in [-0.2, 0) is 17.4 Å². The summed E-state index contributed by atoms with van der Waals surface area (Å²) < 4.78 is 36.8. The van der Waals surface area contributed by atoms with Gasteiger partial charge in [-0.25, -0.2) is 4.98 Å². The van der Waals surface area contributed by atoms with E-state index >= 15 is 0 Å². The number of nitrogens with one attached hydrogen (secondary N) is 1. The van der Waals surface area contributed by atoms with Crippen molar-refractivity contribution in [3.63, 3.8) is 0 Å². The van der Waals surface area contributed by atoms with Gasteiger partial charge < -0.3 is 15.8 Å². The highest BCUT2D eigenvalue weighted by molar-refractivity contribution is 5.73. The van der Waals surface area contributed by atoms with Crippen LogP contribution in [0.3, 0.4) is 0 Å². The lowest BCUT2D eigenvalue weighted by Gasteiger charge is -2.08. The Kier molecular flexibility index (Phi) is 2.98. The Morgan fingerprint density at radius 1 is 1.67 bits per heavy atom. The summed E-state index contributed by atoms with van der Waals surface area (Å²) in [6, 6.07) is -1.38. The first-order chi connectivity index (χ1) is 6.82. The maximum atomic E-state index is 12.3. The summed E-state index contributed by atoms with van der Waals surface area (Å²) in [6.07, 6.45) is -4.19. The number of imidazole rings is 1. The van der Waals surface area contributed by atoms with E-state index in [-0.39, 0.29) is 5.69 Å². The van der Waals surface area contributed by atoms with E-state index in [2.05, 4.69) is 9.97 Å². The summed E-state index contributed by atoms with van der Waals surface area (Å²) in [5.41, 5.74) is 3.66. The Morgan fingerprint density at radius 2 is 2.27 bits per heavy atom. The molecule has 1 unspecified atom stereocenters. The molecule has 8 heteroatoms. The molecule has 1 aromatic heterocycles. The third-order valence-corrected chi connectivity index (χ3v) is 1.73. The summed E-state index contributed by atoms with van der Waals surface area (Å²) in [7, 11) is 0. The van der Waals surface area contributed by atoms with E-state index in [1.165, 1.54) is 0 Å². The maximum Gasteiger partial charge on any atom is 0.435 e. The number of aromatic nitrogens is 2. The van der Waals surface area contributed by atoms with Crippen LogP contribution in [0.15, 0.2) is 6.33 Å². The van der Waals surface area contributed by atoms with Crippen LogP contribution < -0.4 is 5.73 Å². The molecule has 0 aliphatic heterocycles. The highest BCUT2D eigenvalue weighted by Crippen LogP contribution is 2.29. The van der Waals surface area contributed by atoms with Crippen molar-refractivity contribution in [3.8, 4) is 0 Å². The SMILES string of the molecule is NC(Cc1[nH]cnc1C(F)(F)F)C(=O)O. The molecule has 1 rings (SSSR count). The van der Waals surface area contributed by atoms with Gasteiger partial charge in [0, 0.05) is 12.1 Å². The van der Waals surface area contributed by atoms with Gasteiger partial charge in [0.1, 0.15) is 6.04 Å². The molecule has 1 heterocycles. The van der Waals surface area contributed by atoms with E-state index in [9.17, 15) is 18.0 Å². The molecule has 4 N–H and O–H groups in total. The van der Waals surface area contributed by atoms with Crippen LogP contribution in [0, 0.1) is 0 Å². The number of nitrogens with two attached hydrogens (primary N) is 1. The Morgan fingerprint density at radius 3 is 2.73 bits per heavy atom. The molecule has 1 atom stereocenters. The number of carboxylic acid groups (broad SMARTS) is 1. The summed E-state index contributed by atoms with van der Waals surface area (Å²) in [6.45, 7) is 0. The van der Waals surface area contributed by atoms with Gasteiger partial charge in [0.05, 0.1) is 6.33 Å². The zero-order valence-electron chi connectivity index (χ0n) is 7.38. The molecule has 84 valence electrons. The van der Waals surface area contributed by atoms with E-state index in [1.54, 1.807) is 0 Å². The van der Waals surface area contributed by atoms with Gasteiger partial charge >= 0.3 is 12.1 Å². The fourth-order valence-corrected chi connectivity index (χ4v) is 1.03. The van der Waals surface area contributed by atoms with Gasteiger partial charge in [-0.3, -0.25) is 4.79 Å². The van der Waals surface area contributed by atoms with Crippen LogP contribution in [0.4, 0.5) is 13.2 Å². The molecule has 15 heavy (non-hydrogen) atoms. The minimum Gasteiger partial charge on any atom is -0.480 e. The number of H-pyrrole nitrogens is 1. The number of halogens is 3. The average molecular weight is 223 g/mol. The highest BCUT2D eigenvalue weighted by atomic mass is 19.4. The lowest BCUT2D eigenvalue weighted by atomic mass is 10.1. The van der Waals surface area contributed by atoms with Gasteiger partial charge in [-0.2, -0.15) is 13.2 Å². The molecule has 0 saturated heterocycles. The van der Waals surface area contributed by atoms with E-state index in [0.717, 1.165) is 6.33 Å². The molecule has 0 amide bonds. The first-order valence-electron chi connectivity index (χ1n) is 3.90. The monoisotopic (exact) mass is 223 g/mol. The van der Waals surface area contributed by atoms with Gasteiger partial charge in [0.25, 0.3) is 0 Å². The van der Waals surface area contributed by atoms with E-state index < -0.39 is 30.3 Å². The van der Waals surface area contributed by atoms with E-state index in [1.807, 2.05) is 0 Å². The Bertz CT molecular complexity index is 361. The second-order valence-electron chi connectivity index (χ2n) is 2.88. The standard InChI is InChI=1S/C7H8F3N3O2/c8-7(9,10)5-4(12-2-13-5)1-3(11)6(14)15/h2-3H,1,11H2,(H,12,13)(H,14,15). The van der Waals surface area contributed by atoms with E-state index in [4.69, 9.17) is 10.8 Å². The van der Waals surface area contributed by atoms with Crippen molar-refractivity contribution in [1.29, 1.82) is 0 Å². The van der Waals surface area contributed by atoms with Gasteiger partial charge in [-0.05, 0) is 0 Å². The topological polar surface area (TPSA) is 92.0 Å². The number of aromatic amines is 1. The molecule has 0 aliphatic rings. The molecule has 1 aromatic rings. The van der Waals surface area contributed by atoms with Crippen LogP contribution in [0.2, 0.25) is 0 Å². The zero-order valence-corrected chi connectivity index (χ0v) is 7.38. The summed E-state index contributed by atoms with van der Waals surface area (Å²) in [5, 5.41) is 8.43. The minimum absolute atomic E-state index is 0.322. The molecule has 0 spiro atoms. The van der Waals surface area contributed by atoms with Crippen molar-refractivity contribution < 1.29 is 23.1 Å². The first kappa shape index (κ1) is 11.5.